The van der Waals surface area contributed by atoms with E-state index in [-0.39, 0.29) is 18.2 Å². The molecule has 0 radical (unpaired) electrons. The third-order valence-electron chi connectivity index (χ3n) is 4.69. The molecule has 2 heterocycles. The van der Waals surface area contributed by atoms with Crippen LogP contribution in [0.2, 0.25) is 5.02 Å². The number of amides is 2. The highest BCUT2D eigenvalue weighted by atomic mass is 35.5. The second-order valence-corrected chi connectivity index (χ2v) is 7.63. The minimum atomic E-state index is -0.274. The first kappa shape index (κ1) is 22.2. The Morgan fingerprint density at radius 1 is 0.970 bits per heavy atom. The Morgan fingerprint density at radius 2 is 1.76 bits per heavy atom. The summed E-state index contributed by atoms with van der Waals surface area (Å²) in [6.07, 6.45) is 4.40. The van der Waals surface area contributed by atoms with Gasteiger partial charge in [-0.05, 0) is 61.0 Å². The Morgan fingerprint density at radius 3 is 2.52 bits per heavy atom. The third-order valence-corrected chi connectivity index (χ3v) is 4.94. The molecular weight excluding hydrogens is 442 g/mol. The standard InChI is InChI=1S/C24H20ClN5O3/c25-18-11-9-16(10-12-18)23-29-22(33-30-23)8-2-7-21(31)27-19-5-1-6-20(14-19)28-24(32)17-4-3-13-26-15-17/h1,3-6,9-15H,2,7-8H2,(H,27,31)(H,28,32). The van der Waals surface area contributed by atoms with Crippen molar-refractivity contribution in [2.75, 3.05) is 10.6 Å². The topological polar surface area (TPSA) is 110 Å². The summed E-state index contributed by atoms with van der Waals surface area (Å²) in [5.41, 5.74) is 2.42. The predicted molar refractivity (Wildman–Crippen MR) is 125 cm³/mol. The van der Waals surface area contributed by atoms with Crippen LogP contribution in [0.3, 0.4) is 0 Å². The number of nitrogens with one attached hydrogen (secondary N) is 2. The molecule has 2 N–H and O–H groups in total. The second-order valence-electron chi connectivity index (χ2n) is 7.20. The van der Waals surface area contributed by atoms with Crippen LogP contribution < -0.4 is 10.6 Å². The van der Waals surface area contributed by atoms with Crippen molar-refractivity contribution in [3.8, 4) is 11.4 Å². The number of pyridine rings is 1. The van der Waals surface area contributed by atoms with E-state index in [4.69, 9.17) is 16.1 Å². The van der Waals surface area contributed by atoms with Crippen molar-refractivity contribution >= 4 is 34.8 Å². The summed E-state index contributed by atoms with van der Waals surface area (Å²) < 4.78 is 5.27. The molecule has 2 aromatic carbocycles. The van der Waals surface area contributed by atoms with Crippen molar-refractivity contribution in [2.24, 2.45) is 0 Å². The average Bonchev–Trinajstić information content (AvgIpc) is 3.29. The van der Waals surface area contributed by atoms with Gasteiger partial charge in [-0.15, -0.1) is 0 Å². The molecule has 0 fully saturated rings. The number of rotatable bonds is 8. The molecule has 0 aliphatic rings. The molecule has 4 rings (SSSR count). The molecule has 0 atom stereocenters. The number of nitrogens with zero attached hydrogens (tertiary/aromatic N) is 3. The molecule has 9 heteroatoms. The largest absolute Gasteiger partial charge is 0.339 e. The van der Waals surface area contributed by atoms with Gasteiger partial charge in [0.25, 0.3) is 5.91 Å². The summed E-state index contributed by atoms with van der Waals surface area (Å²) in [5.74, 6) is 0.524. The first-order valence-electron chi connectivity index (χ1n) is 10.3. The Kier molecular flexibility index (Phi) is 7.06. The molecular formula is C24H20ClN5O3. The molecule has 0 aliphatic heterocycles. The van der Waals surface area contributed by atoms with Crippen LogP contribution in [-0.2, 0) is 11.2 Å². The fourth-order valence-electron chi connectivity index (χ4n) is 3.07. The number of carbonyl (C=O) groups is 2. The normalized spacial score (nSPS) is 10.6. The van der Waals surface area contributed by atoms with Crippen molar-refractivity contribution in [1.82, 2.24) is 15.1 Å². The van der Waals surface area contributed by atoms with Crippen LogP contribution in [-0.4, -0.2) is 26.9 Å². The number of halogens is 1. The fourth-order valence-corrected chi connectivity index (χ4v) is 3.20. The van der Waals surface area contributed by atoms with Crippen molar-refractivity contribution in [1.29, 1.82) is 0 Å². The SMILES string of the molecule is O=C(CCCc1nc(-c2ccc(Cl)cc2)no1)Nc1cccc(NC(=O)c2cccnc2)c1. The molecule has 2 amide bonds. The van der Waals surface area contributed by atoms with Gasteiger partial charge in [0.2, 0.25) is 17.6 Å². The second kappa shape index (κ2) is 10.5. The van der Waals surface area contributed by atoms with Crippen LogP contribution in [0.5, 0.6) is 0 Å². The lowest BCUT2D eigenvalue weighted by Gasteiger charge is -2.09. The van der Waals surface area contributed by atoms with E-state index in [1.807, 2.05) is 12.1 Å². The minimum absolute atomic E-state index is 0.150. The highest BCUT2D eigenvalue weighted by Crippen LogP contribution is 2.20. The van der Waals surface area contributed by atoms with E-state index >= 15 is 0 Å². The molecule has 166 valence electrons. The zero-order valence-corrected chi connectivity index (χ0v) is 18.2. The molecule has 0 aliphatic carbocycles. The van der Waals surface area contributed by atoms with Gasteiger partial charge in [0.15, 0.2) is 0 Å². The third kappa shape index (κ3) is 6.24. The van der Waals surface area contributed by atoms with Gasteiger partial charge in [-0.1, -0.05) is 22.8 Å². The van der Waals surface area contributed by atoms with Gasteiger partial charge >= 0.3 is 0 Å². The van der Waals surface area contributed by atoms with Gasteiger partial charge in [-0.2, -0.15) is 4.98 Å². The smallest absolute Gasteiger partial charge is 0.257 e. The number of aryl methyl sites for hydroxylation is 1. The fraction of sp³-hybridized carbons (Fsp3) is 0.125. The van der Waals surface area contributed by atoms with E-state index in [0.717, 1.165) is 5.56 Å². The summed E-state index contributed by atoms with van der Waals surface area (Å²) in [7, 11) is 0. The van der Waals surface area contributed by atoms with Crippen molar-refractivity contribution in [3.63, 3.8) is 0 Å². The maximum absolute atomic E-state index is 12.3. The number of benzene rings is 2. The van der Waals surface area contributed by atoms with Crippen LogP contribution >= 0.6 is 11.6 Å². The van der Waals surface area contributed by atoms with Gasteiger partial charge in [0.1, 0.15) is 0 Å². The lowest BCUT2D eigenvalue weighted by atomic mass is 10.2. The summed E-state index contributed by atoms with van der Waals surface area (Å²) in [5, 5.41) is 10.2. The van der Waals surface area contributed by atoms with Gasteiger partial charge in [0.05, 0.1) is 5.56 Å². The van der Waals surface area contributed by atoms with E-state index in [2.05, 4.69) is 25.8 Å². The maximum atomic E-state index is 12.3. The van der Waals surface area contributed by atoms with Crippen LogP contribution in [0, 0.1) is 0 Å². The molecule has 0 unspecified atom stereocenters. The summed E-state index contributed by atoms with van der Waals surface area (Å²) in [6, 6.07) is 17.5. The van der Waals surface area contributed by atoms with Crippen LogP contribution in [0.15, 0.2) is 77.6 Å². The Balaban J connectivity index is 1.26. The predicted octanol–water partition coefficient (Wildman–Crippen LogP) is 5.00. The Bertz CT molecular complexity index is 1240. The number of hydrogen-bond donors (Lipinski definition) is 2. The minimum Gasteiger partial charge on any atom is -0.339 e. The summed E-state index contributed by atoms with van der Waals surface area (Å²) in [6.45, 7) is 0. The highest BCUT2D eigenvalue weighted by Gasteiger charge is 2.11. The molecule has 0 spiro atoms. The lowest BCUT2D eigenvalue weighted by molar-refractivity contribution is -0.116. The molecule has 8 nitrogen and oxygen atoms in total. The zero-order valence-electron chi connectivity index (χ0n) is 17.5. The van der Waals surface area contributed by atoms with Crippen molar-refractivity contribution in [3.05, 3.63) is 89.5 Å². The summed E-state index contributed by atoms with van der Waals surface area (Å²) in [4.78, 5) is 32.9. The van der Waals surface area contributed by atoms with Gasteiger partial charge in [-0.25, -0.2) is 0 Å². The van der Waals surface area contributed by atoms with E-state index < -0.39 is 0 Å². The monoisotopic (exact) mass is 461 g/mol. The van der Waals surface area contributed by atoms with Crippen LogP contribution in [0.25, 0.3) is 11.4 Å². The molecule has 4 aromatic rings. The van der Waals surface area contributed by atoms with Crippen LogP contribution in [0.1, 0.15) is 29.1 Å². The first-order valence-corrected chi connectivity index (χ1v) is 10.6. The maximum Gasteiger partial charge on any atom is 0.257 e. The zero-order chi connectivity index (χ0) is 23.0. The van der Waals surface area contributed by atoms with E-state index in [1.54, 1.807) is 54.7 Å². The van der Waals surface area contributed by atoms with Gasteiger partial charge < -0.3 is 15.2 Å². The molecule has 2 aromatic heterocycles. The van der Waals surface area contributed by atoms with Gasteiger partial charge in [0, 0.05) is 47.2 Å². The Hall–Kier alpha value is -4.04. The average molecular weight is 462 g/mol. The summed E-state index contributed by atoms with van der Waals surface area (Å²) >= 11 is 5.89. The molecule has 0 bridgehead atoms. The molecule has 0 saturated heterocycles. The number of carbonyl (C=O) groups excluding carboxylic acids is 2. The highest BCUT2D eigenvalue weighted by molar-refractivity contribution is 6.30. The number of anilines is 2. The van der Waals surface area contributed by atoms with Crippen molar-refractivity contribution in [2.45, 2.75) is 19.3 Å². The van der Waals surface area contributed by atoms with Crippen molar-refractivity contribution < 1.29 is 14.1 Å². The molecule has 0 saturated carbocycles. The van der Waals surface area contributed by atoms with E-state index in [1.165, 1.54) is 6.20 Å². The first-order chi connectivity index (χ1) is 16.1. The lowest BCUT2D eigenvalue weighted by Crippen LogP contribution is -2.14. The molecule has 33 heavy (non-hydrogen) atoms. The van der Waals surface area contributed by atoms with Gasteiger partial charge in [-0.3, -0.25) is 14.6 Å². The van der Waals surface area contributed by atoms with Crippen LogP contribution in [0.4, 0.5) is 11.4 Å². The van der Waals surface area contributed by atoms with E-state index in [9.17, 15) is 9.59 Å². The Labute approximate surface area is 195 Å². The van der Waals surface area contributed by atoms with E-state index in [0.29, 0.717) is 46.5 Å². The quantitative estimate of drug-likeness (QED) is 0.382. The number of hydrogen-bond acceptors (Lipinski definition) is 6. The number of aromatic nitrogens is 3.